The second kappa shape index (κ2) is 9.06. The molecule has 0 radical (unpaired) electrons. The zero-order valence-corrected chi connectivity index (χ0v) is 11.7. The van der Waals surface area contributed by atoms with Crippen molar-refractivity contribution in [3.8, 4) is 0 Å². The van der Waals surface area contributed by atoms with Crippen molar-refractivity contribution in [1.29, 1.82) is 0 Å². The molecule has 0 spiro atoms. The lowest BCUT2D eigenvalue weighted by Gasteiger charge is -2.20. The molecule has 0 N–H and O–H groups in total. The minimum Gasteiger partial charge on any atom is -0.445 e. The number of ether oxygens (including phenoxy) is 1. The van der Waals surface area contributed by atoms with Crippen molar-refractivity contribution < 1.29 is 9.53 Å². The number of hydrogen-bond donors (Lipinski definition) is 0. The van der Waals surface area contributed by atoms with E-state index >= 15 is 0 Å². The molecule has 1 aromatic rings. The smallest absolute Gasteiger partial charge is 0.410 e. The molecule has 0 aliphatic rings. The van der Waals surface area contributed by atoms with Crippen LogP contribution in [0.1, 0.15) is 12.0 Å². The molecule has 0 aliphatic heterocycles. The van der Waals surface area contributed by atoms with Gasteiger partial charge in [-0.2, -0.15) is 0 Å². The molecule has 0 heterocycles. The van der Waals surface area contributed by atoms with Crippen molar-refractivity contribution in [1.82, 2.24) is 4.90 Å². The van der Waals surface area contributed by atoms with Crippen LogP contribution in [0, 0.1) is 0 Å². The van der Waals surface area contributed by atoms with Gasteiger partial charge in [0, 0.05) is 24.8 Å². The molecule has 1 aromatic carbocycles. The summed E-state index contributed by atoms with van der Waals surface area (Å²) in [6.45, 7) is 1.33. The highest BCUT2D eigenvalue weighted by Gasteiger charge is 2.13. The van der Waals surface area contributed by atoms with Gasteiger partial charge in [0.05, 0.1) is 0 Å². The Labute approximate surface area is 118 Å². The molecular formula is C13H17Cl2NO2. The van der Waals surface area contributed by atoms with Crippen molar-refractivity contribution in [3.63, 3.8) is 0 Å². The second-order valence-corrected chi connectivity index (χ2v) is 4.51. The predicted octanol–water partition coefficient (Wildman–Crippen LogP) is 3.49. The largest absolute Gasteiger partial charge is 0.445 e. The van der Waals surface area contributed by atoms with Gasteiger partial charge in [-0.25, -0.2) is 4.79 Å². The van der Waals surface area contributed by atoms with E-state index in [4.69, 9.17) is 27.9 Å². The maximum absolute atomic E-state index is 11.8. The quantitative estimate of drug-likeness (QED) is 0.719. The van der Waals surface area contributed by atoms with Crippen molar-refractivity contribution in [2.45, 2.75) is 13.0 Å². The van der Waals surface area contributed by atoms with Gasteiger partial charge in [-0.1, -0.05) is 30.3 Å². The molecule has 1 amide bonds. The van der Waals surface area contributed by atoms with Crippen LogP contribution in [0.15, 0.2) is 30.3 Å². The van der Waals surface area contributed by atoms with Gasteiger partial charge in [0.25, 0.3) is 0 Å². The fraction of sp³-hybridized carbons (Fsp3) is 0.462. The maximum atomic E-state index is 11.8. The molecule has 0 unspecified atom stereocenters. The van der Waals surface area contributed by atoms with E-state index in [-0.39, 0.29) is 12.7 Å². The number of alkyl halides is 2. The molecule has 0 aromatic heterocycles. The molecule has 0 fully saturated rings. The second-order valence-electron chi connectivity index (χ2n) is 3.76. The highest BCUT2D eigenvalue weighted by molar-refractivity contribution is 6.18. The Balaban J connectivity index is 2.40. The van der Waals surface area contributed by atoms with Gasteiger partial charge < -0.3 is 9.64 Å². The number of amides is 1. The van der Waals surface area contributed by atoms with Crippen LogP contribution in [0.5, 0.6) is 0 Å². The van der Waals surface area contributed by atoms with Crippen LogP contribution in [-0.2, 0) is 11.3 Å². The van der Waals surface area contributed by atoms with Crippen molar-refractivity contribution >= 4 is 29.3 Å². The first-order chi connectivity index (χ1) is 8.77. The average Bonchev–Trinajstić information content (AvgIpc) is 2.42. The number of carbonyl (C=O) groups is 1. The molecule has 3 nitrogen and oxygen atoms in total. The highest BCUT2D eigenvalue weighted by Crippen LogP contribution is 2.04. The third kappa shape index (κ3) is 5.61. The summed E-state index contributed by atoms with van der Waals surface area (Å²) < 4.78 is 5.23. The summed E-state index contributed by atoms with van der Waals surface area (Å²) in [7, 11) is 0. The third-order valence-electron chi connectivity index (χ3n) is 2.38. The maximum Gasteiger partial charge on any atom is 0.410 e. The molecular weight excluding hydrogens is 273 g/mol. The molecule has 5 heteroatoms. The van der Waals surface area contributed by atoms with Gasteiger partial charge in [-0.15, -0.1) is 23.2 Å². The van der Waals surface area contributed by atoms with Crippen LogP contribution in [0.4, 0.5) is 4.79 Å². The molecule has 0 saturated heterocycles. The summed E-state index contributed by atoms with van der Waals surface area (Å²) in [5.41, 5.74) is 0.967. The predicted molar refractivity (Wildman–Crippen MR) is 74.3 cm³/mol. The summed E-state index contributed by atoms with van der Waals surface area (Å²) in [5.74, 6) is 0.910. The Morgan fingerprint density at radius 3 is 2.44 bits per heavy atom. The zero-order chi connectivity index (χ0) is 13.2. The Hall–Kier alpha value is -0.930. The first kappa shape index (κ1) is 15.1. The molecule has 0 atom stereocenters. The summed E-state index contributed by atoms with van der Waals surface area (Å²) in [6, 6.07) is 9.57. The van der Waals surface area contributed by atoms with Crippen LogP contribution in [0.25, 0.3) is 0 Å². The number of rotatable bonds is 7. The van der Waals surface area contributed by atoms with Gasteiger partial charge in [-0.05, 0) is 12.0 Å². The van der Waals surface area contributed by atoms with E-state index in [0.29, 0.717) is 24.8 Å². The monoisotopic (exact) mass is 289 g/mol. The van der Waals surface area contributed by atoms with E-state index in [2.05, 4.69) is 0 Å². The van der Waals surface area contributed by atoms with E-state index < -0.39 is 0 Å². The minimum absolute atomic E-state index is 0.277. The van der Waals surface area contributed by atoms with Gasteiger partial charge in [-0.3, -0.25) is 0 Å². The fourth-order valence-corrected chi connectivity index (χ4v) is 1.78. The highest BCUT2D eigenvalue weighted by atomic mass is 35.5. The fourth-order valence-electron chi connectivity index (χ4n) is 1.46. The Morgan fingerprint density at radius 1 is 1.11 bits per heavy atom. The average molecular weight is 290 g/mol. The van der Waals surface area contributed by atoms with E-state index in [0.717, 1.165) is 12.0 Å². The SMILES string of the molecule is O=C(OCc1ccccc1)N(CCCl)CCCCl. The lowest BCUT2D eigenvalue weighted by Crippen LogP contribution is -2.34. The summed E-state index contributed by atoms with van der Waals surface area (Å²) in [5, 5.41) is 0. The summed E-state index contributed by atoms with van der Waals surface area (Å²) >= 11 is 11.3. The van der Waals surface area contributed by atoms with E-state index in [1.165, 1.54) is 0 Å². The Bertz CT molecular complexity index is 346. The summed E-state index contributed by atoms with van der Waals surface area (Å²) in [4.78, 5) is 13.4. The topological polar surface area (TPSA) is 29.5 Å². The lowest BCUT2D eigenvalue weighted by molar-refractivity contribution is 0.0983. The number of hydrogen-bond acceptors (Lipinski definition) is 2. The Morgan fingerprint density at radius 2 is 1.83 bits per heavy atom. The van der Waals surface area contributed by atoms with E-state index in [9.17, 15) is 4.79 Å². The first-order valence-corrected chi connectivity index (χ1v) is 6.92. The van der Waals surface area contributed by atoms with Crippen LogP contribution >= 0.6 is 23.2 Å². The lowest BCUT2D eigenvalue weighted by atomic mass is 10.2. The van der Waals surface area contributed by atoms with Crippen LogP contribution in [-0.4, -0.2) is 35.8 Å². The number of benzene rings is 1. The van der Waals surface area contributed by atoms with Gasteiger partial charge >= 0.3 is 6.09 Å². The van der Waals surface area contributed by atoms with Crippen molar-refractivity contribution in [2.75, 3.05) is 24.8 Å². The summed E-state index contributed by atoms with van der Waals surface area (Å²) in [6.07, 6.45) is 0.392. The zero-order valence-electron chi connectivity index (χ0n) is 10.1. The third-order valence-corrected chi connectivity index (χ3v) is 2.82. The molecule has 0 bridgehead atoms. The molecule has 0 aliphatic carbocycles. The van der Waals surface area contributed by atoms with Crippen molar-refractivity contribution in [2.24, 2.45) is 0 Å². The van der Waals surface area contributed by atoms with Crippen LogP contribution < -0.4 is 0 Å². The minimum atomic E-state index is -0.343. The van der Waals surface area contributed by atoms with Gasteiger partial charge in [0.1, 0.15) is 6.61 Å². The number of nitrogens with zero attached hydrogens (tertiary/aromatic N) is 1. The number of carbonyl (C=O) groups excluding carboxylic acids is 1. The van der Waals surface area contributed by atoms with E-state index in [1.54, 1.807) is 4.90 Å². The van der Waals surface area contributed by atoms with Crippen molar-refractivity contribution in [3.05, 3.63) is 35.9 Å². The Kier molecular flexibility index (Phi) is 7.62. The van der Waals surface area contributed by atoms with E-state index in [1.807, 2.05) is 30.3 Å². The molecule has 100 valence electrons. The standard InChI is InChI=1S/C13H17Cl2NO2/c14-7-4-9-16(10-8-15)13(17)18-11-12-5-2-1-3-6-12/h1-3,5-6H,4,7-11H2. The molecule has 0 saturated carbocycles. The number of halogens is 2. The van der Waals surface area contributed by atoms with Crippen LogP contribution in [0.3, 0.4) is 0 Å². The first-order valence-electron chi connectivity index (χ1n) is 5.85. The molecule has 18 heavy (non-hydrogen) atoms. The van der Waals surface area contributed by atoms with Gasteiger partial charge in [0.15, 0.2) is 0 Å². The van der Waals surface area contributed by atoms with Crippen LogP contribution in [0.2, 0.25) is 0 Å². The normalized spacial score (nSPS) is 10.1. The van der Waals surface area contributed by atoms with Gasteiger partial charge in [0.2, 0.25) is 0 Å². The molecule has 1 rings (SSSR count).